The summed E-state index contributed by atoms with van der Waals surface area (Å²) >= 11 is 0. The highest BCUT2D eigenvalue weighted by Gasteiger charge is 2.17. The van der Waals surface area contributed by atoms with Crippen molar-refractivity contribution in [2.75, 3.05) is 14.2 Å². The Hall–Kier alpha value is -4.17. The van der Waals surface area contributed by atoms with Gasteiger partial charge in [0.25, 0.3) is 5.89 Å². The maximum atomic E-state index is 10.9. The summed E-state index contributed by atoms with van der Waals surface area (Å²) in [5.41, 5.74) is 9.62. The number of carboxylic acid groups (broad SMARTS) is 1. The molecule has 0 unspecified atom stereocenters. The first-order chi connectivity index (χ1) is 16.0. The highest BCUT2D eigenvalue weighted by molar-refractivity contribution is 5.79. The van der Waals surface area contributed by atoms with Gasteiger partial charge in [0, 0.05) is 22.3 Å². The largest absolute Gasteiger partial charge is 0.496 e. The van der Waals surface area contributed by atoms with Crippen molar-refractivity contribution in [3.8, 4) is 45.5 Å². The SMILES string of the molecule is COc1ccccc1-c1cc(-c2nc(-c3ccc(C[C@H](N)C(=O)O)cc3)no2)ccc1OC. The van der Waals surface area contributed by atoms with E-state index in [4.69, 9.17) is 24.8 Å². The second-order valence-electron chi connectivity index (χ2n) is 7.38. The lowest BCUT2D eigenvalue weighted by atomic mass is 10.0. The van der Waals surface area contributed by atoms with E-state index in [0.717, 1.165) is 33.6 Å². The van der Waals surface area contributed by atoms with Gasteiger partial charge < -0.3 is 24.8 Å². The third-order valence-electron chi connectivity index (χ3n) is 5.25. The summed E-state index contributed by atoms with van der Waals surface area (Å²) in [6.07, 6.45) is 0.241. The molecule has 0 spiro atoms. The van der Waals surface area contributed by atoms with Crippen molar-refractivity contribution >= 4 is 5.97 Å². The molecule has 4 rings (SSSR count). The standard InChI is InChI=1S/C25H23N3O5/c1-31-21-6-4-3-5-18(21)19-14-17(11-12-22(19)32-2)24-27-23(28-33-24)16-9-7-15(8-10-16)13-20(26)25(29)30/h3-12,14,20H,13,26H2,1-2H3,(H,29,30)/t20-/m0/s1. The monoisotopic (exact) mass is 445 g/mol. The van der Waals surface area contributed by atoms with E-state index in [-0.39, 0.29) is 6.42 Å². The Kier molecular flexibility index (Phi) is 6.37. The fraction of sp³-hybridized carbons (Fsp3) is 0.160. The maximum absolute atomic E-state index is 10.9. The van der Waals surface area contributed by atoms with Crippen molar-refractivity contribution in [1.29, 1.82) is 0 Å². The van der Waals surface area contributed by atoms with E-state index >= 15 is 0 Å². The molecule has 0 saturated carbocycles. The minimum absolute atomic E-state index is 0.241. The number of rotatable bonds is 8. The van der Waals surface area contributed by atoms with Crippen LogP contribution in [0.5, 0.6) is 11.5 Å². The van der Waals surface area contributed by atoms with Gasteiger partial charge in [0.2, 0.25) is 5.82 Å². The van der Waals surface area contributed by atoms with Crippen molar-refractivity contribution in [2.45, 2.75) is 12.5 Å². The van der Waals surface area contributed by atoms with Crippen molar-refractivity contribution in [3.63, 3.8) is 0 Å². The first-order valence-electron chi connectivity index (χ1n) is 10.2. The summed E-state index contributed by atoms with van der Waals surface area (Å²) in [6.45, 7) is 0. The summed E-state index contributed by atoms with van der Waals surface area (Å²) in [5, 5.41) is 13.1. The molecular weight excluding hydrogens is 422 g/mol. The van der Waals surface area contributed by atoms with Crippen LogP contribution in [0.25, 0.3) is 34.0 Å². The van der Waals surface area contributed by atoms with Crippen molar-refractivity contribution in [1.82, 2.24) is 10.1 Å². The van der Waals surface area contributed by atoms with Crippen LogP contribution in [0, 0.1) is 0 Å². The number of nitrogens with zero attached hydrogens (tertiary/aromatic N) is 2. The van der Waals surface area contributed by atoms with Gasteiger partial charge in [-0.3, -0.25) is 4.79 Å². The first kappa shape index (κ1) is 22.0. The lowest BCUT2D eigenvalue weighted by Gasteiger charge is -2.13. The molecule has 3 aromatic carbocycles. The number of benzene rings is 3. The van der Waals surface area contributed by atoms with Crippen LogP contribution in [0.1, 0.15) is 5.56 Å². The minimum Gasteiger partial charge on any atom is -0.496 e. The van der Waals surface area contributed by atoms with Crippen LogP contribution in [0.15, 0.2) is 71.3 Å². The van der Waals surface area contributed by atoms with Crippen LogP contribution in [-0.2, 0) is 11.2 Å². The molecule has 8 heteroatoms. The number of hydrogen-bond donors (Lipinski definition) is 2. The van der Waals surface area contributed by atoms with E-state index in [1.54, 1.807) is 26.4 Å². The molecule has 4 aromatic rings. The number of ether oxygens (including phenoxy) is 2. The number of hydrogen-bond acceptors (Lipinski definition) is 7. The molecule has 3 N–H and O–H groups in total. The Balaban J connectivity index is 1.63. The van der Waals surface area contributed by atoms with Crippen molar-refractivity contribution in [3.05, 3.63) is 72.3 Å². The molecule has 8 nitrogen and oxygen atoms in total. The molecule has 0 aliphatic carbocycles. The molecule has 0 fully saturated rings. The third kappa shape index (κ3) is 4.70. The van der Waals surface area contributed by atoms with Crippen molar-refractivity contribution in [2.24, 2.45) is 5.73 Å². The fourth-order valence-electron chi connectivity index (χ4n) is 3.51. The lowest BCUT2D eigenvalue weighted by Crippen LogP contribution is -2.32. The van der Waals surface area contributed by atoms with Crippen molar-refractivity contribution < 1.29 is 23.9 Å². The quantitative estimate of drug-likeness (QED) is 0.417. The summed E-state index contributed by atoms with van der Waals surface area (Å²) in [7, 11) is 3.24. The zero-order valence-corrected chi connectivity index (χ0v) is 18.2. The summed E-state index contributed by atoms with van der Waals surface area (Å²) in [4.78, 5) is 15.5. The molecule has 0 bridgehead atoms. The molecule has 0 saturated heterocycles. The van der Waals surface area contributed by atoms with E-state index in [1.807, 2.05) is 54.6 Å². The molecule has 33 heavy (non-hydrogen) atoms. The average Bonchev–Trinajstić information content (AvgIpc) is 3.34. The Bertz CT molecular complexity index is 1270. The third-order valence-corrected chi connectivity index (χ3v) is 5.25. The summed E-state index contributed by atoms with van der Waals surface area (Å²) in [6, 6.07) is 19.6. The van der Waals surface area contributed by atoms with Gasteiger partial charge in [-0.05, 0) is 36.2 Å². The van der Waals surface area contributed by atoms with E-state index in [2.05, 4.69) is 10.1 Å². The van der Waals surface area contributed by atoms with Crippen LogP contribution < -0.4 is 15.2 Å². The molecular formula is C25H23N3O5. The molecule has 0 aliphatic heterocycles. The van der Waals surface area contributed by atoms with Gasteiger partial charge in [0.1, 0.15) is 17.5 Å². The van der Waals surface area contributed by atoms with Crippen LogP contribution in [0.2, 0.25) is 0 Å². The number of para-hydroxylation sites is 1. The molecule has 1 aromatic heterocycles. The van der Waals surface area contributed by atoms with E-state index in [1.165, 1.54) is 0 Å². The molecule has 1 atom stereocenters. The normalized spacial score (nSPS) is 11.7. The van der Waals surface area contributed by atoms with E-state index in [9.17, 15) is 4.79 Å². The van der Waals surface area contributed by atoms with Crippen LogP contribution in [-0.4, -0.2) is 41.5 Å². The minimum atomic E-state index is -1.03. The van der Waals surface area contributed by atoms with Gasteiger partial charge in [-0.1, -0.05) is 47.6 Å². The number of carboxylic acids is 1. The Labute approximate surface area is 190 Å². The van der Waals surface area contributed by atoms with E-state index < -0.39 is 12.0 Å². The van der Waals surface area contributed by atoms with Gasteiger partial charge in [-0.15, -0.1) is 0 Å². The number of nitrogens with two attached hydrogens (primary N) is 1. The van der Waals surface area contributed by atoms with Crippen LogP contribution in [0.4, 0.5) is 0 Å². The van der Waals surface area contributed by atoms with E-state index in [0.29, 0.717) is 17.5 Å². The number of aliphatic carboxylic acids is 1. The lowest BCUT2D eigenvalue weighted by molar-refractivity contribution is -0.138. The first-order valence-corrected chi connectivity index (χ1v) is 10.2. The molecule has 0 aliphatic rings. The topological polar surface area (TPSA) is 121 Å². The summed E-state index contributed by atoms with van der Waals surface area (Å²) < 4.78 is 16.6. The zero-order chi connectivity index (χ0) is 23.4. The Morgan fingerprint density at radius 2 is 1.64 bits per heavy atom. The predicted octanol–water partition coefficient (Wildman–Crippen LogP) is 4.04. The number of carbonyl (C=O) groups is 1. The van der Waals surface area contributed by atoms with Gasteiger partial charge >= 0.3 is 5.97 Å². The van der Waals surface area contributed by atoms with Gasteiger partial charge in [-0.2, -0.15) is 4.98 Å². The number of methoxy groups -OCH3 is 2. The fourth-order valence-corrected chi connectivity index (χ4v) is 3.51. The second kappa shape index (κ2) is 9.54. The van der Waals surface area contributed by atoms with Crippen LogP contribution >= 0.6 is 0 Å². The van der Waals surface area contributed by atoms with Gasteiger partial charge in [0.05, 0.1) is 14.2 Å². The molecule has 1 heterocycles. The average molecular weight is 445 g/mol. The maximum Gasteiger partial charge on any atom is 0.320 e. The molecule has 0 radical (unpaired) electrons. The smallest absolute Gasteiger partial charge is 0.320 e. The molecule has 168 valence electrons. The Morgan fingerprint density at radius 1 is 0.970 bits per heavy atom. The highest BCUT2D eigenvalue weighted by atomic mass is 16.5. The number of aromatic nitrogens is 2. The molecule has 0 amide bonds. The zero-order valence-electron chi connectivity index (χ0n) is 18.2. The predicted molar refractivity (Wildman–Crippen MR) is 123 cm³/mol. The summed E-state index contributed by atoms with van der Waals surface area (Å²) in [5.74, 6) is 1.17. The van der Waals surface area contributed by atoms with Crippen LogP contribution in [0.3, 0.4) is 0 Å². The second-order valence-corrected chi connectivity index (χ2v) is 7.38. The highest BCUT2D eigenvalue weighted by Crippen LogP contribution is 2.38. The van der Waals surface area contributed by atoms with Gasteiger partial charge in [0.15, 0.2) is 0 Å². The Morgan fingerprint density at radius 3 is 2.33 bits per heavy atom. The van der Waals surface area contributed by atoms with Gasteiger partial charge in [-0.25, -0.2) is 0 Å².